The summed E-state index contributed by atoms with van der Waals surface area (Å²) < 4.78 is 1.12. The molecule has 92 valence electrons. The van der Waals surface area contributed by atoms with Crippen molar-refractivity contribution in [1.82, 2.24) is 10.2 Å². The number of nitrogens with one attached hydrogen (secondary N) is 2. The number of carbonyl (C=O) groups excluding carboxylic acids is 1. The Kier molecular flexibility index (Phi) is 4.22. The third-order valence-corrected chi connectivity index (χ3v) is 3.51. The average Bonchev–Trinajstić information content (AvgIpc) is 2.29. The van der Waals surface area contributed by atoms with E-state index in [2.05, 4.69) is 40.1 Å². The monoisotopic (exact) mass is 345 g/mol. The highest BCUT2D eigenvalue weighted by Gasteiger charge is 2.22. The topological polar surface area (TPSA) is 44.4 Å². The standard InChI is InChI=1S/C12H16IN3O/c1-9-8-14-5-6-16(9)12(17)15-11-4-2-3-10(13)7-11/h2-4,7,9,14H,5-6,8H2,1H3,(H,15,17)/t9-/m1/s1. The Balaban J connectivity index is 2.01. The van der Waals surface area contributed by atoms with Crippen LogP contribution in [-0.2, 0) is 0 Å². The summed E-state index contributed by atoms with van der Waals surface area (Å²) in [4.78, 5) is 13.9. The number of hydrogen-bond acceptors (Lipinski definition) is 2. The van der Waals surface area contributed by atoms with Gasteiger partial charge in [-0.25, -0.2) is 4.79 Å². The number of hydrogen-bond donors (Lipinski definition) is 2. The van der Waals surface area contributed by atoms with Gasteiger partial charge in [0.2, 0.25) is 0 Å². The molecule has 0 bridgehead atoms. The highest BCUT2D eigenvalue weighted by atomic mass is 127. The molecule has 0 unspecified atom stereocenters. The largest absolute Gasteiger partial charge is 0.322 e. The minimum Gasteiger partial charge on any atom is -0.319 e. The summed E-state index contributed by atoms with van der Waals surface area (Å²) >= 11 is 2.24. The van der Waals surface area contributed by atoms with E-state index in [4.69, 9.17) is 0 Å². The van der Waals surface area contributed by atoms with E-state index in [1.54, 1.807) is 0 Å². The molecule has 2 rings (SSSR count). The number of carbonyl (C=O) groups is 1. The van der Waals surface area contributed by atoms with Crippen molar-refractivity contribution in [3.05, 3.63) is 27.8 Å². The number of halogens is 1. The van der Waals surface area contributed by atoms with Gasteiger partial charge in [-0.1, -0.05) is 6.07 Å². The predicted octanol–water partition coefficient (Wildman–Crippen LogP) is 2.12. The van der Waals surface area contributed by atoms with E-state index in [0.717, 1.165) is 28.9 Å². The third kappa shape index (κ3) is 3.32. The lowest BCUT2D eigenvalue weighted by molar-refractivity contribution is 0.177. The molecule has 0 aliphatic carbocycles. The minimum atomic E-state index is -0.0130. The molecule has 1 fully saturated rings. The Morgan fingerprint density at radius 2 is 2.41 bits per heavy atom. The predicted molar refractivity (Wildman–Crippen MR) is 77.2 cm³/mol. The van der Waals surface area contributed by atoms with Crippen LogP contribution in [0.3, 0.4) is 0 Å². The minimum absolute atomic E-state index is 0.0130. The van der Waals surface area contributed by atoms with E-state index < -0.39 is 0 Å². The van der Waals surface area contributed by atoms with Crippen LogP contribution in [0.2, 0.25) is 0 Å². The number of urea groups is 1. The molecular formula is C12H16IN3O. The van der Waals surface area contributed by atoms with Crippen LogP contribution in [0, 0.1) is 3.57 Å². The van der Waals surface area contributed by atoms with Gasteiger partial charge in [0.25, 0.3) is 0 Å². The molecule has 17 heavy (non-hydrogen) atoms. The van der Waals surface area contributed by atoms with Gasteiger partial charge in [0.1, 0.15) is 0 Å². The van der Waals surface area contributed by atoms with Crippen molar-refractivity contribution in [2.24, 2.45) is 0 Å². The van der Waals surface area contributed by atoms with Crippen molar-refractivity contribution >= 4 is 34.3 Å². The van der Waals surface area contributed by atoms with Crippen molar-refractivity contribution in [2.45, 2.75) is 13.0 Å². The van der Waals surface area contributed by atoms with Crippen molar-refractivity contribution in [3.8, 4) is 0 Å². The molecule has 1 saturated heterocycles. The Morgan fingerprint density at radius 3 is 3.12 bits per heavy atom. The third-order valence-electron chi connectivity index (χ3n) is 2.84. The van der Waals surface area contributed by atoms with E-state index in [-0.39, 0.29) is 12.1 Å². The van der Waals surface area contributed by atoms with Crippen LogP contribution in [-0.4, -0.2) is 36.6 Å². The van der Waals surface area contributed by atoms with Gasteiger partial charge in [-0.15, -0.1) is 0 Å². The Hall–Kier alpha value is -0.820. The summed E-state index contributed by atoms with van der Waals surface area (Å²) in [5, 5.41) is 6.21. The van der Waals surface area contributed by atoms with Crippen molar-refractivity contribution in [1.29, 1.82) is 0 Å². The van der Waals surface area contributed by atoms with Crippen molar-refractivity contribution in [3.63, 3.8) is 0 Å². The van der Waals surface area contributed by atoms with Gasteiger partial charge in [-0.2, -0.15) is 0 Å². The molecular weight excluding hydrogens is 329 g/mol. The first kappa shape index (κ1) is 12.6. The first-order valence-corrected chi connectivity index (χ1v) is 6.78. The van der Waals surface area contributed by atoms with Crippen LogP contribution >= 0.6 is 22.6 Å². The molecule has 0 aromatic heterocycles. The molecule has 0 saturated carbocycles. The van der Waals surface area contributed by atoms with E-state index in [1.165, 1.54) is 0 Å². The maximum absolute atomic E-state index is 12.1. The fourth-order valence-electron chi connectivity index (χ4n) is 1.90. The zero-order valence-corrected chi connectivity index (χ0v) is 11.9. The van der Waals surface area contributed by atoms with Crippen LogP contribution in [0.15, 0.2) is 24.3 Å². The Morgan fingerprint density at radius 1 is 1.59 bits per heavy atom. The molecule has 0 radical (unpaired) electrons. The molecule has 5 heteroatoms. The van der Waals surface area contributed by atoms with Gasteiger partial charge < -0.3 is 15.5 Å². The van der Waals surface area contributed by atoms with Crippen LogP contribution in [0.5, 0.6) is 0 Å². The molecule has 1 aromatic rings. The van der Waals surface area contributed by atoms with Gasteiger partial charge in [0, 0.05) is 34.9 Å². The second-order valence-corrected chi connectivity index (χ2v) is 5.43. The van der Waals surface area contributed by atoms with Crippen LogP contribution in [0.25, 0.3) is 0 Å². The number of anilines is 1. The normalized spacial score (nSPS) is 20.1. The van der Waals surface area contributed by atoms with Crippen LogP contribution in [0.4, 0.5) is 10.5 Å². The maximum atomic E-state index is 12.1. The van der Waals surface area contributed by atoms with Crippen LogP contribution in [0.1, 0.15) is 6.92 Å². The van der Waals surface area contributed by atoms with Crippen molar-refractivity contribution < 1.29 is 4.79 Å². The summed E-state index contributed by atoms with van der Waals surface area (Å²) in [5.41, 5.74) is 0.854. The average molecular weight is 345 g/mol. The number of piperazine rings is 1. The number of benzene rings is 1. The quantitative estimate of drug-likeness (QED) is 0.766. The molecule has 1 aliphatic rings. The summed E-state index contributed by atoms with van der Waals surface area (Å²) in [6.07, 6.45) is 0. The first-order valence-electron chi connectivity index (χ1n) is 5.71. The molecule has 0 spiro atoms. The zero-order valence-electron chi connectivity index (χ0n) is 9.74. The number of amides is 2. The van der Waals surface area contributed by atoms with E-state index in [0.29, 0.717) is 0 Å². The van der Waals surface area contributed by atoms with Gasteiger partial charge in [0.15, 0.2) is 0 Å². The van der Waals surface area contributed by atoms with Crippen molar-refractivity contribution in [2.75, 3.05) is 25.0 Å². The maximum Gasteiger partial charge on any atom is 0.322 e. The van der Waals surface area contributed by atoms with E-state index in [1.807, 2.05) is 29.2 Å². The highest BCUT2D eigenvalue weighted by Crippen LogP contribution is 2.14. The zero-order chi connectivity index (χ0) is 12.3. The summed E-state index contributed by atoms with van der Waals surface area (Å²) in [7, 11) is 0. The van der Waals surface area contributed by atoms with Gasteiger partial charge in [-0.3, -0.25) is 0 Å². The summed E-state index contributed by atoms with van der Waals surface area (Å²) in [6, 6.07) is 8.05. The number of nitrogens with zero attached hydrogens (tertiary/aromatic N) is 1. The lowest BCUT2D eigenvalue weighted by Crippen LogP contribution is -2.53. The number of rotatable bonds is 1. The Labute approximate surface area is 115 Å². The fraction of sp³-hybridized carbons (Fsp3) is 0.417. The highest BCUT2D eigenvalue weighted by molar-refractivity contribution is 14.1. The van der Waals surface area contributed by atoms with Gasteiger partial charge in [-0.05, 0) is 47.7 Å². The molecule has 2 amide bonds. The van der Waals surface area contributed by atoms with E-state index >= 15 is 0 Å². The lowest BCUT2D eigenvalue weighted by Gasteiger charge is -2.33. The second kappa shape index (κ2) is 5.68. The second-order valence-electron chi connectivity index (χ2n) is 4.19. The van der Waals surface area contributed by atoms with E-state index in [9.17, 15) is 4.79 Å². The van der Waals surface area contributed by atoms with Crippen LogP contribution < -0.4 is 10.6 Å². The summed E-state index contributed by atoms with van der Waals surface area (Å²) in [6.45, 7) is 4.54. The molecule has 1 aliphatic heterocycles. The molecule has 1 heterocycles. The molecule has 1 aromatic carbocycles. The fourth-order valence-corrected chi connectivity index (χ4v) is 2.45. The molecule has 4 nitrogen and oxygen atoms in total. The van der Waals surface area contributed by atoms with Gasteiger partial charge >= 0.3 is 6.03 Å². The summed E-state index contributed by atoms with van der Waals surface area (Å²) in [5.74, 6) is 0. The first-order chi connectivity index (χ1) is 8.16. The smallest absolute Gasteiger partial charge is 0.319 e. The lowest BCUT2D eigenvalue weighted by atomic mass is 10.2. The van der Waals surface area contributed by atoms with Gasteiger partial charge in [0.05, 0.1) is 0 Å². The molecule has 1 atom stereocenters. The SMILES string of the molecule is C[C@@H]1CNCCN1C(=O)Nc1cccc(I)c1. The molecule has 2 N–H and O–H groups in total. The Bertz CT molecular complexity index is 410.